The van der Waals surface area contributed by atoms with Crippen LogP contribution in [0.1, 0.15) is 54.0 Å². The third kappa shape index (κ3) is 2.41. The molecular formula is C16H23NO5. The van der Waals surface area contributed by atoms with Gasteiger partial charge in [-0.3, -0.25) is 4.79 Å². The van der Waals surface area contributed by atoms with E-state index in [0.717, 1.165) is 25.5 Å². The summed E-state index contributed by atoms with van der Waals surface area (Å²) >= 11 is 0. The van der Waals surface area contributed by atoms with E-state index in [4.69, 9.17) is 14.3 Å². The van der Waals surface area contributed by atoms with Crippen LogP contribution in [0, 0.1) is 5.41 Å². The van der Waals surface area contributed by atoms with Crippen molar-refractivity contribution in [1.82, 2.24) is 4.90 Å². The maximum atomic E-state index is 12.5. The predicted molar refractivity (Wildman–Crippen MR) is 80.0 cm³/mol. The first kappa shape index (κ1) is 16.5. The van der Waals surface area contributed by atoms with Crippen molar-refractivity contribution in [3.8, 4) is 0 Å². The van der Waals surface area contributed by atoms with Gasteiger partial charge in [-0.1, -0.05) is 13.8 Å². The van der Waals surface area contributed by atoms with Gasteiger partial charge < -0.3 is 19.2 Å². The molecule has 1 N–H and O–H groups in total. The summed E-state index contributed by atoms with van der Waals surface area (Å²) in [6.45, 7) is 4.21. The molecule has 6 nitrogen and oxygen atoms in total. The maximum Gasteiger partial charge on any atom is 0.338 e. The third-order valence-electron chi connectivity index (χ3n) is 5.19. The van der Waals surface area contributed by atoms with Gasteiger partial charge in [0.15, 0.2) is 5.76 Å². The Bertz CT molecular complexity index is 561. The molecule has 6 heteroatoms. The molecule has 1 aromatic rings. The van der Waals surface area contributed by atoms with E-state index >= 15 is 0 Å². The van der Waals surface area contributed by atoms with E-state index in [1.165, 1.54) is 6.07 Å². The molecule has 0 saturated heterocycles. The molecule has 2 rings (SSSR count). The van der Waals surface area contributed by atoms with Gasteiger partial charge in [0.25, 0.3) is 5.91 Å². The Morgan fingerprint density at radius 2 is 2.09 bits per heavy atom. The third-order valence-corrected chi connectivity index (χ3v) is 5.19. The Kier molecular flexibility index (Phi) is 4.60. The van der Waals surface area contributed by atoms with Gasteiger partial charge in [0.2, 0.25) is 0 Å². The number of methoxy groups -OCH3 is 1. The summed E-state index contributed by atoms with van der Waals surface area (Å²) in [6, 6.07) is 1.34. The van der Waals surface area contributed by atoms with Gasteiger partial charge in [-0.05, 0) is 19.3 Å². The monoisotopic (exact) mass is 309 g/mol. The summed E-state index contributed by atoms with van der Waals surface area (Å²) in [5.41, 5.74) is -0.0705. The highest BCUT2D eigenvalue weighted by molar-refractivity contribution is 5.95. The summed E-state index contributed by atoms with van der Waals surface area (Å²) < 4.78 is 10.7. The zero-order chi connectivity index (χ0) is 16.5. The lowest BCUT2D eigenvalue weighted by Crippen LogP contribution is -2.64. The lowest BCUT2D eigenvalue weighted by molar-refractivity contribution is -0.147. The van der Waals surface area contributed by atoms with Crippen molar-refractivity contribution in [2.45, 2.75) is 45.3 Å². The minimum atomic E-state index is -1.11. The van der Waals surface area contributed by atoms with Gasteiger partial charge in [-0.15, -0.1) is 0 Å². The lowest BCUT2D eigenvalue weighted by Gasteiger charge is -2.57. The predicted octanol–water partition coefficient (Wildman–Crippen LogP) is 2.64. The Morgan fingerprint density at radius 3 is 2.55 bits per heavy atom. The second-order valence-corrected chi connectivity index (χ2v) is 5.84. The first-order chi connectivity index (χ1) is 10.4. The number of amides is 1. The molecule has 0 aromatic carbocycles. The van der Waals surface area contributed by atoms with Gasteiger partial charge >= 0.3 is 5.97 Å². The fraction of sp³-hybridized carbons (Fsp3) is 0.625. The average Bonchev–Trinajstić information content (AvgIpc) is 2.97. The lowest BCUT2D eigenvalue weighted by atomic mass is 9.58. The highest BCUT2D eigenvalue weighted by atomic mass is 16.5. The fourth-order valence-electron chi connectivity index (χ4n) is 3.65. The molecule has 1 fully saturated rings. The molecule has 22 heavy (non-hydrogen) atoms. The van der Waals surface area contributed by atoms with Gasteiger partial charge in [0, 0.05) is 31.7 Å². The number of carboxylic acids is 1. The van der Waals surface area contributed by atoms with Crippen molar-refractivity contribution in [3.63, 3.8) is 0 Å². The number of carbonyl (C=O) groups is 2. The van der Waals surface area contributed by atoms with Crippen LogP contribution in [0.4, 0.5) is 0 Å². The SMILES string of the molecule is CCC1(CC)[C@@H](OC)C[C@H]1N(C)C(=O)c1cc(C(=O)O)co1. The molecular weight excluding hydrogens is 286 g/mol. The number of hydrogen-bond donors (Lipinski definition) is 1. The summed E-state index contributed by atoms with van der Waals surface area (Å²) in [5, 5.41) is 8.91. The molecule has 0 aliphatic heterocycles. The Hall–Kier alpha value is -1.82. The first-order valence-electron chi connectivity index (χ1n) is 7.53. The molecule has 1 amide bonds. The zero-order valence-electron chi connectivity index (χ0n) is 13.5. The number of ether oxygens (including phenoxy) is 1. The first-order valence-corrected chi connectivity index (χ1v) is 7.53. The quantitative estimate of drug-likeness (QED) is 0.873. The van der Waals surface area contributed by atoms with Crippen LogP contribution in [-0.2, 0) is 4.74 Å². The summed E-state index contributed by atoms with van der Waals surface area (Å²) in [5.74, 6) is -1.34. The van der Waals surface area contributed by atoms with E-state index in [-0.39, 0.29) is 34.8 Å². The Labute approximate surface area is 130 Å². The van der Waals surface area contributed by atoms with E-state index in [2.05, 4.69) is 13.8 Å². The zero-order valence-corrected chi connectivity index (χ0v) is 13.5. The van der Waals surface area contributed by atoms with Crippen LogP contribution in [0.15, 0.2) is 16.7 Å². The van der Waals surface area contributed by atoms with Crippen LogP contribution in [0.3, 0.4) is 0 Å². The summed E-state index contributed by atoms with van der Waals surface area (Å²) in [7, 11) is 3.44. The minimum Gasteiger partial charge on any atom is -0.478 e. The Balaban J connectivity index is 2.18. The molecule has 2 atom stereocenters. The second-order valence-electron chi connectivity index (χ2n) is 5.84. The van der Waals surface area contributed by atoms with E-state index < -0.39 is 5.97 Å². The molecule has 122 valence electrons. The molecule has 1 heterocycles. The van der Waals surface area contributed by atoms with E-state index in [9.17, 15) is 9.59 Å². The molecule has 0 spiro atoms. The van der Waals surface area contributed by atoms with Crippen molar-refractivity contribution in [1.29, 1.82) is 0 Å². The van der Waals surface area contributed by atoms with Crippen molar-refractivity contribution in [3.05, 3.63) is 23.7 Å². The highest BCUT2D eigenvalue weighted by Crippen LogP contribution is 2.51. The van der Waals surface area contributed by atoms with Crippen molar-refractivity contribution >= 4 is 11.9 Å². The number of carbonyl (C=O) groups excluding carboxylic acids is 1. The second kappa shape index (κ2) is 6.12. The van der Waals surface area contributed by atoms with E-state index in [1.807, 2.05) is 0 Å². The van der Waals surface area contributed by atoms with Crippen LogP contribution < -0.4 is 0 Å². The van der Waals surface area contributed by atoms with Crippen LogP contribution in [0.2, 0.25) is 0 Å². The van der Waals surface area contributed by atoms with E-state index in [1.54, 1.807) is 19.1 Å². The van der Waals surface area contributed by atoms with Gasteiger partial charge in [0.05, 0.1) is 11.7 Å². The summed E-state index contributed by atoms with van der Waals surface area (Å²) in [6.07, 6.45) is 3.86. The Morgan fingerprint density at radius 1 is 1.45 bits per heavy atom. The van der Waals surface area contributed by atoms with Crippen LogP contribution in [0.25, 0.3) is 0 Å². The van der Waals surface area contributed by atoms with Gasteiger partial charge in [-0.2, -0.15) is 0 Å². The average molecular weight is 309 g/mol. The number of furan rings is 1. The fourth-order valence-corrected chi connectivity index (χ4v) is 3.65. The van der Waals surface area contributed by atoms with Crippen molar-refractivity contribution in [2.24, 2.45) is 5.41 Å². The van der Waals surface area contributed by atoms with Gasteiger partial charge in [0.1, 0.15) is 6.26 Å². The summed E-state index contributed by atoms with van der Waals surface area (Å²) in [4.78, 5) is 25.1. The standard InChI is InChI=1S/C16H23NO5/c1-5-16(6-2)12(8-13(16)21-4)17(3)14(18)11-7-10(9-22-11)15(19)20/h7,9,12-13H,5-6,8H2,1-4H3,(H,19,20)/t12-,13+/m1/s1. The minimum absolute atomic E-state index is 0.0163. The molecule has 1 aliphatic carbocycles. The van der Waals surface area contributed by atoms with Crippen molar-refractivity contribution in [2.75, 3.05) is 14.2 Å². The normalized spacial score (nSPS) is 22.9. The van der Waals surface area contributed by atoms with Crippen LogP contribution >= 0.6 is 0 Å². The number of carboxylic acid groups (broad SMARTS) is 1. The number of nitrogens with zero attached hydrogens (tertiary/aromatic N) is 1. The molecule has 1 aliphatic rings. The smallest absolute Gasteiger partial charge is 0.338 e. The molecule has 0 bridgehead atoms. The highest BCUT2D eigenvalue weighted by Gasteiger charge is 2.55. The number of rotatable bonds is 6. The largest absolute Gasteiger partial charge is 0.478 e. The number of aromatic carboxylic acids is 1. The van der Waals surface area contributed by atoms with E-state index in [0.29, 0.717) is 0 Å². The van der Waals surface area contributed by atoms with Gasteiger partial charge in [-0.25, -0.2) is 4.79 Å². The van der Waals surface area contributed by atoms with Crippen LogP contribution in [0.5, 0.6) is 0 Å². The molecule has 1 saturated carbocycles. The topological polar surface area (TPSA) is 80.0 Å². The van der Waals surface area contributed by atoms with Crippen LogP contribution in [-0.4, -0.2) is 48.2 Å². The maximum absolute atomic E-state index is 12.5. The molecule has 0 radical (unpaired) electrons. The van der Waals surface area contributed by atoms with Crippen molar-refractivity contribution < 1.29 is 23.8 Å². The molecule has 1 aromatic heterocycles. The molecule has 0 unspecified atom stereocenters. The number of hydrogen-bond acceptors (Lipinski definition) is 4.